The number of aliphatic carboxylic acids is 2. The van der Waals surface area contributed by atoms with Gasteiger partial charge in [0.05, 0.1) is 12.5 Å². The van der Waals surface area contributed by atoms with E-state index in [4.69, 9.17) is 22.3 Å². The molecule has 4 atom stereocenters. The zero-order valence-corrected chi connectivity index (χ0v) is 19.6. The zero-order chi connectivity index (χ0) is 27.3. The van der Waals surface area contributed by atoms with E-state index in [0.717, 1.165) is 0 Å². The Bertz CT molecular complexity index is 817. The Morgan fingerprint density at radius 2 is 1.20 bits per heavy atom. The van der Waals surface area contributed by atoms with Gasteiger partial charge in [-0.2, -0.15) is 0 Å². The van der Waals surface area contributed by atoms with Crippen molar-refractivity contribution in [3.05, 3.63) is 0 Å². The van der Waals surface area contributed by atoms with E-state index in [1.54, 1.807) is 13.8 Å². The van der Waals surface area contributed by atoms with Crippen LogP contribution in [0.15, 0.2) is 0 Å². The minimum atomic E-state index is -1.51. The molecule has 0 heterocycles. The third kappa shape index (κ3) is 13.5. The van der Waals surface area contributed by atoms with E-state index in [1.165, 1.54) is 0 Å². The van der Waals surface area contributed by atoms with Crippen LogP contribution in [-0.4, -0.2) is 75.9 Å². The monoisotopic (exact) mass is 502 g/mol. The quantitative estimate of drug-likeness (QED) is 0.0991. The average Bonchev–Trinajstić information content (AvgIpc) is 2.71. The van der Waals surface area contributed by atoms with Gasteiger partial charge in [-0.3, -0.25) is 28.8 Å². The summed E-state index contributed by atoms with van der Waals surface area (Å²) in [5, 5.41) is 24.9. The van der Waals surface area contributed by atoms with E-state index in [9.17, 15) is 38.7 Å². The summed E-state index contributed by atoms with van der Waals surface area (Å²) in [6.45, 7) is 3.47. The van der Waals surface area contributed by atoms with Crippen LogP contribution in [0.25, 0.3) is 0 Å². The number of carboxylic acid groups (broad SMARTS) is 2. The molecule has 0 aliphatic rings. The van der Waals surface area contributed by atoms with E-state index in [-0.39, 0.29) is 31.6 Å². The number of hydrogen-bond acceptors (Lipinski definition) is 8. The summed E-state index contributed by atoms with van der Waals surface area (Å²) in [5.74, 6) is -7.13. The lowest BCUT2D eigenvalue weighted by Gasteiger charge is -2.26. The average molecular weight is 503 g/mol. The minimum absolute atomic E-state index is 0.0700. The number of hydrogen-bond donors (Lipinski definition) is 8. The first-order valence-electron chi connectivity index (χ1n) is 10.8. The fourth-order valence-corrected chi connectivity index (χ4v) is 2.92. The van der Waals surface area contributed by atoms with Crippen LogP contribution in [0.1, 0.15) is 52.4 Å². The molecule has 15 nitrogen and oxygen atoms in total. The van der Waals surface area contributed by atoms with Crippen LogP contribution in [0.5, 0.6) is 0 Å². The molecule has 0 unspecified atom stereocenters. The Hall–Kier alpha value is -3.75. The first-order valence-corrected chi connectivity index (χ1v) is 10.8. The third-order valence-electron chi connectivity index (χ3n) is 4.67. The van der Waals surface area contributed by atoms with Gasteiger partial charge in [0.2, 0.25) is 29.5 Å². The standard InChI is InChI=1S/C20H34N6O9/c1-9(2)7-13(19(33)25-12(20(34)35)4-6-16(29)30)26-18(32)11(3-5-14(22)27)24-17(31)10(21)8-15(23)28/h9-13H,3-8,21H2,1-2H3,(H2,22,27)(H2,23,28)(H,24,31)(H,25,33)(H,26,32)(H,29,30)(H,34,35)/t10-,11-,12-,13-/m0/s1. The highest BCUT2D eigenvalue weighted by molar-refractivity contribution is 5.95. The first kappa shape index (κ1) is 31.2. The molecule has 0 radical (unpaired) electrons. The maximum Gasteiger partial charge on any atom is 0.326 e. The van der Waals surface area contributed by atoms with E-state index in [2.05, 4.69) is 16.0 Å². The summed E-state index contributed by atoms with van der Waals surface area (Å²) < 4.78 is 0. The van der Waals surface area contributed by atoms with Crippen molar-refractivity contribution in [2.24, 2.45) is 23.1 Å². The van der Waals surface area contributed by atoms with E-state index in [0.29, 0.717) is 0 Å². The molecular formula is C20H34N6O9. The Kier molecular flexibility index (Phi) is 13.6. The second-order valence-corrected chi connectivity index (χ2v) is 8.37. The molecule has 11 N–H and O–H groups in total. The van der Waals surface area contributed by atoms with Crippen molar-refractivity contribution in [1.29, 1.82) is 0 Å². The Morgan fingerprint density at radius 3 is 1.66 bits per heavy atom. The van der Waals surface area contributed by atoms with Gasteiger partial charge in [-0.1, -0.05) is 13.8 Å². The van der Waals surface area contributed by atoms with Crippen LogP contribution in [0.2, 0.25) is 0 Å². The molecule has 0 aromatic rings. The predicted octanol–water partition coefficient (Wildman–Crippen LogP) is -3.10. The number of primary amides is 2. The van der Waals surface area contributed by atoms with Gasteiger partial charge in [-0.05, 0) is 25.2 Å². The molecule has 0 rings (SSSR count). The molecule has 0 fully saturated rings. The maximum atomic E-state index is 12.9. The van der Waals surface area contributed by atoms with E-state index < -0.39 is 78.5 Å². The zero-order valence-electron chi connectivity index (χ0n) is 19.6. The molecule has 0 aromatic heterocycles. The van der Waals surface area contributed by atoms with Crippen molar-refractivity contribution < 1.29 is 43.8 Å². The van der Waals surface area contributed by atoms with Gasteiger partial charge in [0, 0.05) is 12.8 Å². The smallest absolute Gasteiger partial charge is 0.326 e. The summed E-state index contributed by atoms with van der Waals surface area (Å²) in [7, 11) is 0. The number of amides is 5. The molecule has 198 valence electrons. The molecule has 0 spiro atoms. The molecule has 5 amide bonds. The van der Waals surface area contributed by atoms with Gasteiger partial charge in [0.1, 0.15) is 18.1 Å². The van der Waals surface area contributed by atoms with Crippen molar-refractivity contribution in [1.82, 2.24) is 16.0 Å². The number of nitrogens with one attached hydrogen (secondary N) is 3. The summed E-state index contributed by atoms with van der Waals surface area (Å²) in [6, 6.07) is -5.49. The highest BCUT2D eigenvalue weighted by atomic mass is 16.4. The lowest BCUT2D eigenvalue weighted by atomic mass is 10.0. The summed E-state index contributed by atoms with van der Waals surface area (Å²) in [6.07, 6.45) is -1.87. The molecule has 0 aliphatic carbocycles. The molecule has 15 heteroatoms. The Balaban J connectivity index is 5.58. The maximum absolute atomic E-state index is 12.9. The predicted molar refractivity (Wildman–Crippen MR) is 120 cm³/mol. The van der Waals surface area contributed by atoms with Gasteiger partial charge < -0.3 is 43.4 Å². The van der Waals surface area contributed by atoms with Gasteiger partial charge in [0.15, 0.2) is 0 Å². The fraction of sp³-hybridized carbons (Fsp3) is 0.650. The normalized spacial score (nSPS) is 14.2. The van der Waals surface area contributed by atoms with Crippen LogP contribution >= 0.6 is 0 Å². The van der Waals surface area contributed by atoms with Crippen molar-refractivity contribution in [2.75, 3.05) is 0 Å². The van der Waals surface area contributed by atoms with Crippen LogP contribution in [-0.2, 0) is 33.6 Å². The number of carboxylic acids is 2. The van der Waals surface area contributed by atoms with Crippen LogP contribution in [0.3, 0.4) is 0 Å². The number of nitrogens with two attached hydrogens (primary N) is 3. The lowest BCUT2D eigenvalue weighted by Crippen LogP contribution is -2.57. The molecule has 0 bridgehead atoms. The highest BCUT2D eigenvalue weighted by Gasteiger charge is 2.31. The second-order valence-electron chi connectivity index (χ2n) is 8.37. The van der Waals surface area contributed by atoms with E-state index >= 15 is 0 Å². The molecule has 35 heavy (non-hydrogen) atoms. The second kappa shape index (κ2) is 15.2. The van der Waals surface area contributed by atoms with Crippen LogP contribution < -0.4 is 33.2 Å². The van der Waals surface area contributed by atoms with Gasteiger partial charge in [-0.25, -0.2) is 4.79 Å². The highest BCUT2D eigenvalue weighted by Crippen LogP contribution is 2.09. The lowest BCUT2D eigenvalue weighted by molar-refractivity contribution is -0.143. The molecule has 0 saturated carbocycles. The summed E-state index contributed by atoms with van der Waals surface area (Å²) in [5.41, 5.74) is 15.7. The van der Waals surface area contributed by atoms with Crippen LogP contribution in [0.4, 0.5) is 0 Å². The molecule has 0 aromatic carbocycles. The first-order chi connectivity index (χ1) is 16.1. The van der Waals surface area contributed by atoms with Crippen molar-refractivity contribution in [2.45, 2.75) is 76.5 Å². The number of carbonyl (C=O) groups excluding carboxylic acids is 5. The Morgan fingerprint density at radius 1 is 0.714 bits per heavy atom. The van der Waals surface area contributed by atoms with Crippen molar-refractivity contribution in [3.8, 4) is 0 Å². The van der Waals surface area contributed by atoms with Gasteiger partial charge in [-0.15, -0.1) is 0 Å². The minimum Gasteiger partial charge on any atom is -0.481 e. The Labute approximate surface area is 201 Å². The summed E-state index contributed by atoms with van der Waals surface area (Å²) >= 11 is 0. The molecule has 0 aliphatic heterocycles. The fourth-order valence-electron chi connectivity index (χ4n) is 2.92. The summed E-state index contributed by atoms with van der Waals surface area (Å²) in [4.78, 5) is 82.2. The van der Waals surface area contributed by atoms with Gasteiger partial charge in [0.25, 0.3) is 0 Å². The SMILES string of the molecule is CC(C)C[C@H](NC(=O)[C@H](CCC(N)=O)NC(=O)[C@@H](N)CC(N)=O)C(=O)N[C@@H](CCC(=O)O)C(=O)O. The van der Waals surface area contributed by atoms with Crippen molar-refractivity contribution >= 4 is 41.5 Å². The third-order valence-corrected chi connectivity index (χ3v) is 4.67. The topological polar surface area (TPSA) is 274 Å². The van der Waals surface area contributed by atoms with Gasteiger partial charge >= 0.3 is 11.9 Å². The largest absolute Gasteiger partial charge is 0.481 e. The molecular weight excluding hydrogens is 468 g/mol. The number of carbonyl (C=O) groups is 7. The van der Waals surface area contributed by atoms with E-state index in [1.807, 2.05) is 0 Å². The molecule has 0 saturated heterocycles. The number of rotatable bonds is 17. The van der Waals surface area contributed by atoms with Crippen LogP contribution in [0, 0.1) is 5.92 Å². The van der Waals surface area contributed by atoms with Crippen molar-refractivity contribution in [3.63, 3.8) is 0 Å².